The zero-order valence-corrected chi connectivity index (χ0v) is 16.5. The molecule has 5 heteroatoms. The molecule has 0 saturated carbocycles. The van der Waals surface area contributed by atoms with Crippen LogP contribution in [0, 0.1) is 13.8 Å². The monoisotopic (exact) mass is 378 g/mol. The van der Waals surface area contributed by atoms with Crippen LogP contribution in [0.1, 0.15) is 22.9 Å². The molecule has 27 heavy (non-hydrogen) atoms. The number of benzene rings is 2. The number of carbonyl (C=O) groups excluding carboxylic acids is 1. The molecule has 1 amide bonds. The molecule has 0 fully saturated rings. The molecule has 0 unspecified atom stereocenters. The minimum atomic E-state index is -0.217. The van der Waals surface area contributed by atoms with E-state index in [4.69, 9.17) is 4.74 Å². The fourth-order valence-electron chi connectivity index (χ4n) is 2.65. The van der Waals surface area contributed by atoms with E-state index in [0.29, 0.717) is 11.7 Å². The number of hydrogen-bond acceptors (Lipinski definition) is 4. The highest BCUT2D eigenvalue weighted by atomic mass is 32.1. The van der Waals surface area contributed by atoms with Crippen molar-refractivity contribution >= 4 is 28.5 Å². The maximum Gasteiger partial charge on any atom is 0.250 e. The smallest absolute Gasteiger partial charge is 0.250 e. The van der Waals surface area contributed by atoms with E-state index in [2.05, 4.69) is 29.4 Å². The second-order valence-electron chi connectivity index (χ2n) is 6.08. The number of anilines is 1. The lowest BCUT2D eigenvalue weighted by atomic mass is 10.1. The molecule has 3 rings (SSSR count). The zero-order valence-electron chi connectivity index (χ0n) is 15.7. The topological polar surface area (TPSA) is 51.2 Å². The Morgan fingerprint density at radius 3 is 2.63 bits per heavy atom. The highest BCUT2D eigenvalue weighted by Crippen LogP contribution is 2.30. The Labute approximate surface area is 163 Å². The van der Waals surface area contributed by atoms with Gasteiger partial charge in [0.2, 0.25) is 5.91 Å². The van der Waals surface area contributed by atoms with Crippen LogP contribution < -0.4 is 10.1 Å². The van der Waals surface area contributed by atoms with Gasteiger partial charge in [0.25, 0.3) is 0 Å². The number of rotatable bonds is 6. The number of nitrogens with zero attached hydrogens (tertiary/aromatic N) is 1. The Morgan fingerprint density at radius 1 is 1.15 bits per heavy atom. The van der Waals surface area contributed by atoms with Gasteiger partial charge in [-0.2, -0.15) is 0 Å². The lowest BCUT2D eigenvalue weighted by Crippen LogP contribution is -2.07. The molecule has 0 aliphatic heterocycles. The molecule has 0 radical (unpaired) electrons. The molecule has 2 aromatic carbocycles. The number of ether oxygens (including phenoxy) is 1. The largest absolute Gasteiger partial charge is 0.493 e. The second kappa shape index (κ2) is 8.64. The molecule has 1 aromatic heterocycles. The lowest BCUT2D eigenvalue weighted by Gasteiger charge is -2.06. The Balaban J connectivity index is 1.72. The van der Waals surface area contributed by atoms with Crippen LogP contribution in [-0.4, -0.2) is 17.5 Å². The summed E-state index contributed by atoms with van der Waals surface area (Å²) in [4.78, 5) is 17.9. The average Bonchev–Trinajstić information content (AvgIpc) is 3.02. The summed E-state index contributed by atoms with van der Waals surface area (Å²) in [6.45, 7) is 6.58. The van der Waals surface area contributed by atoms with Crippen molar-refractivity contribution in [2.75, 3.05) is 11.9 Å². The number of aryl methyl sites for hydroxylation is 2. The first-order valence-electron chi connectivity index (χ1n) is 8.82. The molecule has 138 valence electrons. The van der Waals surface area contributed by atoms with Gasteiger partial charge in [0.15, 0.2) is 5.13 Å². The van der Waals surface area contributed by atoms with E-state index in [1.54, 1.807) is 6.08 Å². The summed E-state index contributed by atoms with van der Waals surface area (Å²) >= 11 is 1.47. The van der Waals surface area contributed by atoms with E-state index in [0.717, 1.165) is 27.4 Å². The Kier molecular flexibility index (Phi) is 6.04. The van der Waals surface area contributed by atoms with Gasteiger partial charge in [-0.1, -0.05) is 48.0 Å². The maximum absolute atomic E-state index is 12.3. The standard InChI is InChI=1S/C22H22N2O2S/c1-4-26-19-8-6-5-7-17(19)13-14-20(25)23-22-24-21(16(3)27-22)18-11-9-15(2)10-12-18/h5-14H,4H2,1-3H3,(H,23,24,25)/b14-13+. The van der Waals surface area contributed by atoms with Crippen molar-refractivity contribution < 1.29 is 9.53 Å². The molecule has 1 N–H and O–H groups in total. The van der Waals surface area contributed by atoms with Gasteiger partial charge in [-0.15, -0.1) is 11.3 Å². The molecule has 0 atom stereocenters. The van der Waals surface area contributed by atoms with Crippen LogP contribution in [0.15, 0.2) is 54.6 Å². The Morgan fingerprint density at radius 2 is 1.89 bits per heavy atom. The van der Waals surface area contributed by atoms with Crippen molar-refractivity contribution in [3.63, 3.8) is 0 Å². The van der Waals surface area contributed by atoms with Gasteiger partial charge in [-0.05, 0) is 32.9 Å². The van der Waals surface area contributed by atoms with E-state index >= 15 is 0 Å². The van der Waals surface area contributed by atoms with Crippen molar-refractivity contribution in [1.29, 1.82) is 0 Å². The van der Waals surface area contributed by atoms with Gasteiger partial charge in [-0.25, -0.2) is 4.98 Å². The second-order valence-corrected chi connectivity index (χ2v) is 7.29. The fourth-order valence-corrected chi connectivity index (χ4v) is 3.49. The van der Waals surface area contributed by atoms with Crippen LogP contribution in [-0.2, 0) is 4.79 Å². The van der Waals surface area contributed by atoms with Crippen LogP contribution in [0.2, 0.25) is 0 Å². The van der Waals surface area contributed by atoms with Gasteiger partial charge in [-0.3, -0.25) is 10.1 Å². The SMILES string of the molecule is CCOc1ccccc1/C=C/C(=O)Nc1nc(-c2ccc(C)cc2)c(C)s1. The van der Waals surface area contributed by atoms with E-state index in [1.165, 1.54) is 23.0 Å². The van der Waals surface area contributed by atoms with Crippen molar-refractivity contribution in [3.8, 4) is 17.0 Å². The third kappa shape index (κ3) is 4.83. The van der Waals surface area contributed by atoms with Gasteiger partial charge < -0.3 is 4.74 Å². The van der Waals surface area contributed by atoms with Crippen molar-refractivity contribution in [1.82, 2.24) is 4.98 Å². The predicted molar refractivity (Wildman–Crippen MR) is 112 cm³/mol. The van der Waals surface area contributed by atoms with Crippen LogP contribution in [0.4, 0.5) is 5.13 Å². The van der Waals surface area contributed by atoms with E-state index < -0.39 is 0 Å². The van der Waals surface area contributed by atoms with Crippen LogP contribution in [0.3, 0.4) is 0 Å². The summed E-state index contributed by atoms with van der Waals surface area (Å²) in [6, 6.07) is 15.8. The molecule has 1 heterocycles. The minimum absolute atomic E-state index is 0.217. The molecule has 3 aromatic rings. The fraction of sp³-hybridized carbons (Fsp3) is 0.182. The number of amides is 1. The number of carbonyl (C=O) groups is 1. The quantitative estimate of drug-likeness (QED) is 0.578. The third-order valence-corrected chi connectivity index (χ3v) is 4.87. The number of hydrogen-bond donors (Lipinski definition) is 1. The van der Waals surface area contributed by atoms with Crippen molar-refractivity contribution in [2.45, 2.75) is 20.8 Å². The number of aromatic nitrogens is 1. The minimum Gasteiger partial charge on any atom is -0.493 e. The molecule has 4 nitrogen and oxygen atoms in total. The summed E-state index contributed by atoms with van der Waals surface area (Å²) in [6.07, 6.45) is 3.25. The highest BCUT2D eigenvalue weighted by Gasteiger charge is 2.11. The van der Waals surface area contributed by atoms with Crippen LogP contribution in [0.5, 0.6) is 5.75 Å². The molecular formula is C22H22N2O2S. The van der Waals surface area contributed by atoms with Gasteiger partial charge >= 0.3 is 0 Å². The number of nitrogens with one attached hydrogen (secondary N) is 1. The Bertz CT molecular complexity index is 959. The summed E-state index contributed by atoms with van der Waals surface area (Å²) in [5.74, 6) is 0.543. The molecule has 0 spiro atoms. The van der Waals surface area contributed by atoms with E-state index in [-0.39, 0.29) is 5.91 Å². The Hall–Kier alpha value is -2.92. The van der Waals surface area contributed by atoms with Gasteiger partial charge in [0.05, 0.1) is 12.3 Å². The third-order valence-electron chi connectivity index (χ3n) is 3.98. The summed E-state index contributed by atoms with van der Waals surface area (Å²) < 4.78 is 5.57. The summed E-state index contributed by atoms with van der Waals surface area (Å²) in [5, 5.41) is 3.44. The van der Waals surface area contributed by atoms with Crippen LogP contribution >= 0.6 is 11.3 Å². The maximum atomic E-state index is 12.3. The first kappa shape index (κ1) is 18.9. The molecule has 0 aliphatic rings. The molecule has 0 bridgehead atoms. The van der Waals surface area contributed by atoms with Gasteiger partial charge in [0, 0.05) is 22.1 Å². The summed E-state index contributed by atoms with van der Waals surface area (Å²) in [5.41, 5.74) is 4.03. The van der Waals surface area contributed by atoms with E-state index in [1.807, 2.05) is 50.2 Å². The molecular weight excluding hydrogens is 356 g/mol. The molecule has 0 aliphatic carbocycles. The molecule has 0 saturated heterocycles. The van der Waals surface area contributed by atoms with Crippen molar-refractivity contribution in [3.05, 3.63) is 70.6 Å². The normalized spacial score (nSPS) is 10.9. The zero-order chi connectivity index (χ0) is 19.2. The summed E-state index contributed by atoms with van der Waals surface area (Å²) in [7, 11) is 0. The van der Waals surface area contributed by atoms with E-state index in [9.17, 15) is 4.79 Å². The first-order valence-corrected chi connectivity index (χ1v) is 9.64. The number of para-hydroxylation sites is 1. The highest BCUT2D eigenvalue weighted by molar-refractivity contribution is 7.16. The van der Waals surface area contributed by atoms with Crippen molar-refractivity contribution in [2.24, 2.45) is 0 Å². The number of thiazole rings is 1. The average molecular weight is 378 g/mol. The van der Waals surface area contributed by atoms with Crippen LogP contribution in [0.25, 0.3) is 17.3 Å². The first-order chi connectivity index (χ1) is 13.1. The predicted octanol–water partition coefficient (Wildman–Crippen LogP) is 5.48. The van der Waals surface area contributed by atoms with Gasteiger partial charge in [0.1, 0.15) is 5.75 Å². The lowest BCUT2D eigenvalue weighted by molar-refractivity contribution is -0.111.